The van der Waals surface area contributed by atoms with E-state index in [0.29, 0.717) is 0 Å². The molecule has 0 unspecified atom stereocenters. The van der Waals surface area contributed by atoms with E-state index in [0.717, 1.165) is 30.1 Å². The van der Waals surface area contributed by atoms with Crippen LogP contribution in [0.2, 0.25) is 0 Å². The van der Waals surface area contributed by atoms with Crippen LogP contribution >= 0.6 is 11.3 Å². The molecule has 0 aliphatic heterocycles. The average molecular weight is 272 g/mol. The molecule has 0 aliphatic rings. The number of rotatable bonds is 4. The normalized spacial score (nSPS) is 11.3. The van der Waals surface area contributed by atoms with Gasteiger partial charge in [0.25, 0.3) is 0 Å². The van der Waals surface area contributed by atoms with Gasteiger partial charge in [0.2, 0.25) is 0 Å². The number of imidazole rings is 1. The van der Waals surface area contributed by atoms with Crippen LogP contribution in [0.1, 0.15) is 22.0 Å². The number of hydrogen-bond acceptors (Lipinski definition) is 4. The van der Waals surface area contributed by atoms with Crippen molar-refractivity contribution in [3.8, 4) is 0 Å². The Morgan fingerprint density at radius 3 is 2.89 bits per heavy atom. The van der Waals surface area contributed by atoms with Crippen molar-refractivity contribution in [3.63, 3.8) is 0 Å². The molecule has 5 heteroatoms. The summed E-state index contributed by atoms with van der Waals surface area (Å²) < 4.78 is 2.14. The van der Waals surface area contributed by atoms with Gasteiger partial charge in [-0.25, -0.2) is 9.97 Å². The van der Waals surface area contributed by atoms with Crippen LogP contribution in [0.5, 0.6) is 0 Å². The number of hydrogen-bond donors (Lipinski definition) is 1. The molecular formula is C14H16N4S. The molecule has 19 heavy (non-hydrogen) atoms. The van der Waals surface area contributed by atoms with Gasteiger partial charge in [-0.2, -0.15) is 0 Å². The topological polar surface area (TPSA) is 42.2 Å². The maximum Gasteiger partial charge on any atom is 0.137 e. The molecule has 0 aliphatic carbocycles. The largest absolute Gasteiger partial charge is 0.306 e. The monoisotopic (exact) mass is 272 g/mol. The number of nitrogens with zero attached hydrogens (tertiary/aromatic N) is 3. The third-order valence-corrected chi connectivity index (χ3v) is 4.19. The van der Waals surface area contributed by atoms with E-state index in [9.17, 15) is 0 Å². The summed E-state index contributed by atoms with van der Waals surface area (Å²) in [6.45, 7) is 5.78. The van der Waals surface area contributed by atoms with Crippen LogP contribution < -0.4 is 5.32 Å². The minimum Gasteiger partial charge on any atom is -0.306 e. The lowest BCUT2D eigenvalue weighted by Gasteiger charge is -2.05. The Kier molecular flexibility index (Phi) is 3.31. The van der Waals surface area contributed by atoms with Crippen LogP contribution in [0.15, 0.2) is 29.9 Å². The molecule has 0 saturated carbocycles. The summed E-state index contributed by atoms with van der Waals surface area (Å²) in [6, 6.07) is 6.08. The van der Waals surface area contributed by atoms with E-state index in [1.165, 1.54) is 10.6 Å². The number of pyridine rings is 1. The third kappa shape index (κ3) is 2.39. The second-order valence-electron chi connectivity index (χ2n) is 4.54. The summed E-state index contributed by atoms with van der Waals surface area (Å²) in [5.74, 6) is 0. The molecule has 0 radical (unpaired) electrons. The molecule has 0 amide bonds. The zero-order valence-corrected chi connectivity index (χ0v) is 11.9. The van der Waals surface area contributed by atoms with Crippen LogP contribution in [-0.4, -0.2) is 14.4 Å². The van der Waals surface area contributed by atoms with Crippen molar-refractivity contribution in [2.24, 2.45) is 0 Å². The molecule has 1 N–H and O–H groups in total. The van der Waals surface area contributed by atoms with E-state index in [2.05, 4.69) is 32.8 Å². The molecule has 98 valence electrons. The molecule has 0 bridgehead atoms. The average Bonchev–Trinajstić information content (AvgIpc) is 2.94. The van der Waals surface area contributed by atoms with Gasteiger partial charge < -0.3 is 9.72 Å². The van der Waals surface area contributed by atoms with Gasteiger partial charge in [-0.1, -0.05) is 6.07 Å². The molecule has 3 aromatic heterocycles. The predicted octanol–water partition coefficient (Wildman–Crippen LogP) is 2.70. The Morgan fingerprint density at radius 2 is 2.11 bits per heavy atom. The second-order valence-corrected chi connectivity index (χ2v) is 5.48. The fourth-order valence-electron chi connectivity index (χ4n) is 2.17. The summed E-state index contributed by atoms with van der Waals surface area (Å²) >= 11 is 1.70. The number of aryl methyl sites for hydroxylation is 2. The van der Waals surface area contributed by atoms with Crippen LogP contribution in [0.25, 0.3) is 5.65 Å². The van der Waals surface area contributed by atoms with Crippen molar-refractivity contribution < 1.29 is 0 Å². The first-order chi connectivity index (χ1) is 9.25. The van der Waals surface area contributed by atoms with Gasteiger partial charge in [0.05, 0.1) is 22.6 Å². The summed E-state index contributed by atoms with van der Waals surface area (Å²) in [6.07, 6.45) is 2.06. The van der Waals surface area contributed by atoms with Crippen molar-refractivity contribution in [1.82, 2.24) is 19.7 Å². The molecule has 0 saturated heterocycles. The van der Waals surface area contributed by atoms with Gasteiger partial charge in [-0.3, -0.25) is 0 Å². The van der Waals surface area contributed by atoms with Crippen molar-refractivity contribution in [2.75, 3.05) is 0 Å². The zero-order valence-electron chi connectivity index (χ0n) is 11.1. The van der Waals surface area contributed by atoms with Gasteiger partial charge in [0.15, 0.2) is 0 Å². The molecule has 0 spiro atoms. The lowest BCUT2D eigenvalue weighted by Crippen LogP contribution is -2.14. The quantitative estimate of drug-likeness (QED) is 0.794. The Hall–Kier alpha value is -1.72. The summed E-state index contributed by atoms with van der Waals surface area (Å²) in [4.78, 5) is 10.1. The molecule has 3 rings (SSSR count). The lowest BCUT2D eigenvalue weighted by atomic mass is 10.3. The van der Waals surface area contributed by atoms with Crippen LogP contribution in [0, 0.1) is 13.8 Å². The van der Waals surface area contributed by atoms with Gasteiger partial charge in [-0.15, -0.1) is 11.3 Å². The van der Waals surface area contributed by atoms with Crippen LogP contribution in [0.3, 0.4) is 0 Å². The smallest absolute Gasteiger partial charge is 0.137 e. The van der Waals surface area contributed by atoms with E-state index in [-0.39, 0.29) is 0 Å². The highest BCUT2D eigenvalue weighted by Crippen LogP contribution is 2.14. The number of thiazole rings is 1. The maximum absolute atomic E-state index is 4.56. The van der Waals surface area contributed by atoms with E-state index < -0.39 is 0 Å². The van der Waals surface area contributed by atoms with E-state index in [1.54, 1.807) is 11.3 Å². The number of aromatic nitrogens is 3. The van der Waals surface area contributed by atoms with Gasteiger partial charge in [0.1, 0.15) is 5.65 Å². The van der Waals surface area contributed by atoms with E-state index in [4.69, 9.17) is 0 Å². The molecule has 0 fully saturated rings. The summed E-state index contributed by atoms with van der Waals surface area (Å²) in [5.41, 5.74) is 6.32. The minimum absolute atomic E-state index is 0.814. The predicted molar refractivity (Wildman–Crippen MR) is 77.3 cm³/mol. The first-order valence-electron chi connectivity index (χ1n) is 6.28. The van der Waals surface area contributed by atoms with Crippen LogP contribution in [0.4, 0.5) is 0 Å². The summed E-state index contributed by atoms with van der Waals surface area (Å²) in [7, 11) is 0. The summed E-state index contributed by atoms with van der Waals surface area (Å²) in [5, 5.41) is 3.47. The molecule has 0 aromatic carbocycles. The molecule has 4 nitrogen and oxygen atoms in total. The first-order valence-corrected chi connectivity index (χ1v) is 7.16. The minimum atomic E-state index is 0.814. The number of nitrogens with one attached hydrogen (secondary N) is 1. The van der Waals surface area contributed by atoms with E-state index in [1.807, 2.05) is 30.6 Å². The molecule has 3 aromatic rings. The lowest BCUT2D eigenvalue weighted by molar-refractivity contribution is 0.675. The van der Waals surface area contributed by atoms with E-state index >= 15 is 0 Å². The zero-order chi connectivity index (χ0) is 13.2. The van der Waals surface area contributed by atoms with Crippen molar-refractivity contribution >= 4 is 17.0 Å². The van der Waals surface area contributed by atoms with Gasteiger partial charge >= 0.3 is 0 Å². The van der Waals surface area contributed by atoms with Crippen molar-refractivity contribution in [3.05, 3.63) is 51.9 Å². The fraction of sp³-hybridized carbons (Fsp3) is 0.286. The van der Waals surface area contributed by atoms with Crippen molar-refractivity contribution in [2.45, 2.75) is 26.9 Å². The highest BCUT2D eigenvalue weighted by atomic mass is 32.1. The molecular weight excluding hydrogens is 256 g/mol. The second kappa shape index (κ2) is 5.11. The van der Waals surface area contributed by atoms with Crippen LogP contribution in [-0.2, 0) is 13.1 Å². The highest BCUT2D eigenvalue weighted by molar-refractivity contribution is 7.09. The maximum atomic E-state index is 4.56. The SMILES string of the molecule is Cc1ncsc1CNCc1c(C)nc2ccccn12. The molecule has 3 heterocycles. The fourth-order valence-corrected chi connectivity index (χ4v) is 2.91. The number of fused-ring (bicyclic) bond motifs is 1. The Balaban J connectivity index is 1.75. The third-order valence-electron chi connectivity index (χ3n) is 3.25. The van der Waals surface area contributed by atoms with Crippen molar-refractivity contribution in [1.29, 1.82) is 0 Å². The van der Waals surface area contributed by atoms with Gasteiger partial charge in [0, 0.05) is 24.2 Å². The Labute approximate surface area is 116 Å². The Morgan fingerprint density at radius 1 is 1.21 bits per heavy atom. The Bertz CT molecular complexity index is 698. The van der Waals surface area contributed by atoms with Gasteiger partial charge in [-0.05, 0) is 26.0 Å². The molecule has 0 atom stereocenters. The highest BCUT2D eigenvalue weighted by Gasteiger charge is 2.08. The first kappa shape index (κ1) is 12.3. The standard InChI is InChI=1S/C14H16N4S/c1-10-12(18-6-4-3-5-14(18)17-10)7-15-8-13-11(2)16-9-19-13/h3-6,9,15H,7-8H2,1-2H3.